The van der Waals surface area contributed by atoms with Gasteiger partial charge in [0.2, 0.25) is 0 Å². The van der Waals surface area contributed by atoms with Gasteiger partial charge in [-0.2, -0.15) is 0 Å². The number of hydrogen-bond acceptors (Lipinski definition) is 15. The average molecular weight is 1440 g/mol. The largest absolute Gasteiger partial charge is 0.472 e. The number of aliphatic hydroxyl groups is 1. The van der Waals surface area contributed by atoms with Gasteiger partial charge in [0.1, 0.15) is 19.3 Å². The lowest BCUT2D eigenvalue weighted by molar-refractivity contribution is -0.161. The third-order valence-electron chi connectivity index (χ3n) is 18.9. The van der Waals surface area contributed by atoms with Crippen molar-refractivity contribution >= 4 is 39.5 Å². The topological polar surface area (TPSA) is 237 Å². The van der Waals surface area contributed by atoms with Crippen molar-refractivity contribution in [3.63, 3.8) is 0 Å². The Morgan fingerprint density at radius 2 is 0.490 bits per heavy atom. The minimum Gasteiger partial charge on any atom is -0.462 e. The van der Waals surface area contributed by atoms with Crippen LogP contribution < -0.4 is 0 Å². The smallest absolute Gasteiger partial charge is 0.462 e. The van der Waals surface area contributed by atoms with Crippen LogP contribution in [0.5, 0.6) is 0 Å². The molecule has 0 saturated carbocycles. The van der Waals surface area contributed by atoms with E-state index in [-0.39, 0.29) is 25.7 Å². The fourth-order valence-electron chi connectivity index (χ4n) is 12.2. The predicted molar refractivity (Wildman–Crippen MR) is 400 cm³/mol. The molecular weight excluding hydrogens is 1280 g/mol. The Morgan fingerprint density at radius 1 is 0.286 bits per heavy atom. The fraction of sp³-hybridized carbons (Fsp3) is 0.949. The number of unbranched alkanes of at least 4 members (excludes halogenated alkanes) is 50. The number of ether oxygens (including phenoxy) is 4. The molecule has 3 N–H and O–H groups in total. The van der Waals surface area contributed by atoms with E-state index in [1.54, 1.807) is 0 Å². The molecule has 0 aliphatic carbocycles. The van der Waals surface area contributed by atoms with Crippen molar-refractivity contribution in [2.45, 2.75) is 438 Å². The van der Waals surface area contributed by atoms with Gasteiger partial charge in [-0.15, -0.1) is 0 Å². The Labute approximate surface area is 600 Å². The first kappa shape index (κ1) is 96.1. The third-order valence-corrected chi connectivity index (χ3v) is 20.8. The molecule has 0 aromatic heterocycles. The third kappa shape index (κ3) is 71.1. The van der Waals surface area contributed by atoms with Gasteiger partial charge >= 0.3 is 39.5 Å². The molecule has 0 radical (unpaired) electrons. The van der Waals surface area contributed by atoms with Gasteiger partial charge in [0, 0.05) is 25.7 Å². The van der Waals surface area contributed by atoms with E-state index in [1.807, 2.05) is 0 Å². The summed E-state index contributed by atoms with van der Waals surface area (Å²) in [6.45, 7) is 7.31. The maximum absolute atomic E-state index is 13.1. The van der Waals surface area contributed by atoms with Crippen LogP contribution in [0.25, 0.3) is 0 Å². The Balaban J connectivity index is 5.21. The van der Waals surface area contributed by atoms with Gasteiger partial charge in [-0.25, -0.2) is 9.13 Å². The van der Waals surface area contributed by atoms with Gasteiger partial charge in [-0.3, -0.25) is 37.3 Å². The summed E-state index contributed by atoms with van der Waals surface area (Å²) >= 11 is 0. The zero-order valence-electron chi connectivity index (χ0n) is 63.9. The molecule has 582 valence electrons. The van der Waals surface area contributed by atoms with E-state index in [1.165, 1.54) is 244 Å². The van der Waals surface area contributed by atoms with Crippen LogP contribution in [-0.4, -0.2) is 96.7 Å². The summed E-state index contributed by atoms with van der Waals surface area (Å²) in [6, 6.07) is 0. The molecule has 0 heterocycles. The number of carbonyl (C=O) groups is 4. The summed E-state index contributed by atoms with van der Waals surface area (Å²) in [7, 11) is -9.91. The number of phosphoric ester groups is 2. The fourth-order valence-corrected chi connectivity index (χ4v) is 13.8. The van der Waals surface area contributed by atoms with E-state index in [9.17, 15) is 43.2 Å². The summed E-state index contributed by atoms with van der Waals surface area (Å²) in [5.41, 5.74) is 0. The van der Waals surface area contributed by atoms with Gasteiger partial charge in [0.25, 0.3) is 0 Å². The highest BCUT2D eigenvalue weighted by molar-refractivity contribution is 7.47. The van der Waals surface area contributed by atoms with Crippen molar-refractivity contribution in [1.29, 1.82) is 0 Å². The van der Waals surface area contributed by atoms with Crippen LogP contribution in [0.1, 0.15) is 420 Å². The molecule has 17 nitrogen and oxygen atoms in total. The second-order valence-corrected chi connectivity index (χ2v) is 31.6. The van der Waals surface area contributed by atoms with Crippen molar-refractivity contribution in [3.8, 4) is 0 Å². The molecule has 0 aromatic rings. The van der Waals surface area contributed by atoms with E-state index in [0.29, 0.717) is 25.7 Å². The van der Waals surface area contributed by atoms with Gasteiger partial charge in [-0.1, -0.05) is 369 Å². The highest BCUT2D eigenvalue weighted by Gasteiger charge is 2.30. The standard InChI is InChI=1S/C79H154O17P2/c1-6-10-13-16-19-22-25-27-29-30-31-32-33-34-35-37-40-43-49-54-59-64-78(83)95-74(68-90-77(82)63-58-53-48-42-39-36-28-26-23-20-17-14-11-7-2)70-93-97(85,86)91-66-73(80)67-92-98(87,88)94-71-75(69-89-76(81)62-57-52-47-41-38-24-21-18-15-12-8-3)96-79(84)65-60-55-50-45-44-46-51-56-61-72(5)9-4/h72-75,80H,6-71H2,1-5H3,(H,85,86)(H,87,88)/t72?,73-,74-,75-/m1/s1. The van der Waals surface area contributed by atoms with Crippen molar-refractivity contribution in [2.75, 3.05) is 39.6 Å². The van der Waals surface area contributed by atoms with E-state index in [2.05, 4.69) is 34.6 Å². The van der Waals surface area contributed by atoms with Crippen LogP contribution in [-0.2, 0) is 65.4 Å². The predicted octanol–water partition coefficient (Wildman–Crippen LogP) is 23.6. The van der Waals surface area contributed by atoms with Crippen LogP contribution >= 0.6 is 15.6 Å². The number of esters is 4. The molecule has 0 aromatic carbocycles. The van der Waals surface area contributed by atoms with Crippen LogP contribution in [0.15, 0.2) is 0 Å². The number of rotatable bonds is 79. The summed E-state index contributed by atoms with van der Waals surface area (Å²) in [6.07, 6.45) is 62.4. The molecule has 3 unspecified atom stereocenters. The van der Waals surface area contributed by atoms with Crippen molar-refractivity contribution < 1.29 is 80.2 Å². The highest BCUT2D eigenvalue weighted by Crippen LogP contribution is 2.45. The maximum Gasteiger partial charge on any atom is 0.472 e. The second kappa shape index (κ2) is 72.0. The Bertz CT molecular complexity index is 1880. The van der Waals surface area contributed by atoms with Crippen molar-refractivity contribution in [3.05, 3.63) is 0 Å². The molecule has 0 saturated heterocycles. The first-order valence-electron chi connectivity index (χ1n) is 41.2. The molecule has 0 fully saturated rings. The second-order valence-electron chi connectivity index (χ2n) is 28.7. The van der Waals surface area contributed by atoms with Crippen LogP contribution in [0.3, 0.4) is 0 Å². The van der Waals surface area contributed by atoms with Gasteiger partial charge in [0.15, 0.2) is 12.2 Å². The first-order chi connectivity index (χ1) is 47.6. The number of carbonyl (C=O) groups excluding carboxylic acids is 4. The van der Waals surface area contributed by atoms with Crippen molar-refractivity contribution in [1.82, 2.24) is 0 Å². The zero-order valence-corrected chi connectivity index (χ0v) is 65.7. The minimum atomic E-state index is -4.96. The van der Waals surface area contributed by atoms with Crippen molar-refractivity contribution in [2.24, 2.45) is 5.92 Å². The summed E-state index contributed by atoms with van der Waals surface area (Å²) < 4.78 is 68.6. The Kier molecular flexibility index (Phi) is 70.6. The lowest BCUT2D eigenvalue weighted by Crippen LogP contribution is -2.30. The summed E-state index contributed by atoms with van der Waals surface area (Å²) in [5.74, 6) is -1.34. The van der Waals surface area contributed by atoms with E-state index in [4.69, 9.17) is 37.0 Å². The zero-order chi connectivity index (χ0) is 71.9. The number of phosphoric acid groups is 2. The van der Waals surface area contributed by atoms with Crippen LogP contribution in [0.2, 0.25) is 0 Å². The normalized spacial score (nSPS) is 14.2. The first-order valence-corrected chi connectivity index (χ1v) is 44.2. The molecule has 0 bridgehead atoms. The lowest BCUT2D eigenvalue weighted by atomic mass is 9.99. The molecule has 19 heteroatoms. The average Bonchev–Trinajstić information content (AvgIpc) is 1.49. The highest BCUT2D eigenvalue weighted by atomic mass is 31.2. The molecule has 0 amide bonds. The molecule has 0 rings (SSSR count). The molecule has 0 aliphatic rings. The lowest BCUT2D eigenvalue weighted by Gasteiger charge is -2.21. The van der Waals surface area contributed by atoms with E-state index in [0.717, 1.165) is 95.8 Å². The van der Waals surface area contributed by atoms with E-state index < -0.39 is 97.5 Å². The van der Waals surface area contributed by atoms with Crippen LogP contribution in [0.4, 0.5) is 0 Å². The SMILES string of the molecule is CCCCCCCCCCCCCCCCCCCCCCCC(=O)O[C@H](COC(=O)CCCCCCCCCCCCCCCC)COP(=O)(O)OC[C@@H](O)COP(=O)(O)OC[C@@H](COC(=O)CCCCCCCCCCCCC)OC(=O)CCCCCCCCCCC(C)CC. The Hall–Kier alpha value is -1.94. The maximum atomic E-state index is 13.1. The van der Waals surface area contributed by atoms with Gasteiger partial charge in [0.05, 0.1) is 26.4 Å². The molecule has 0 spiro atoms. The molecule has 98 heavy (non-hydrogen) atoms. The number of aliphatic hydroxyl groups excluding tert-OH is 1. The van der Waals surface area contributed by atoms with Gasteiger partial charge in [-0.05, 0) is 31.6 Å². The minimum absolute atomic E-state index is 0.106. The summed E-state index contributed by atoms with van der Waals surface area (Å²) in [4.78, 5) is 72.9. The monoisotopic (exact) mass is 1440 g/mol. The van der Waals surface area contributed by atoms with Gasteiger partial charge < -0.3 is 33.8 Å². The molecule has 0 aliphatic heterocycles. The summed E-state index contributed by atoms with van der Waals surface area (Å²) in [5, 5.41) is 10.6. The van der Waals surface area contributed by atoms with E-state index >= 15 is 0 Å². The molecule has 6 atom stereocenters. The Morgan fingerprint density at radius 3 is 0.724 bits per heavy atom. The van der Waals surface area contributed by atoms with Crippen LogP contribution in [0, 0.1) is 5.92 Å². The quantitative estimate of drug-likeness (QED) is 0.0222. The molecular formula is C79H154O17P2. The number of hydrogen-bond donors (Lipinski definition) is 3.